The fourth-order valence-electron chi connectivity index (χ4n) is 2.54. The molecule has 4 nitrogen and oxygen atoms in total. The first-order chi connectivity index (χ1) is 12.4. The average Bonchev–Trinajstić information content (AvgIpc) is 2.61. The molecular weight excluding hydrogens is 340 g/mol. The minimum Gasteiger partial charge on any atom is -0.493 e. The lowest BCUT2D eigenvalue weighted by atomic mass is 10.1. The molecule has 2 aromatic rings. The Morgan fingerprint density at radius 2 is 1.85 bits per heavy atom. The Morgan fingerprint density at radius 3 is 2.46 bits per heavy atom. The maximum atomic E-state index is 12.6. The number of ether oxygens (including phenoxy) is 2. The number of likely N-dealkylation sites (N-methyl/N-ethyl adjacent to an activating group) is 1. The van der Waals surface area contributed by atoms with Crippen LogP contribution in [0.2, 0.25) is 0 Å². The predicted molar refractivity (Wildman–Crippen MR) is 96.7 cm³/mol. The SMILES string of the molecule is COc1cc(C(=O)N(C)C/C(C)=C/c2ccccc2)ccc1OC(F)F. The van der Waals surface area contributed by atoms with Crippen LogP contribution in [0.15, 0.2) is 54.1 Å². The Kier molecular flexibility index (Phi) is 6.72. The largest absolute Gasteiger partial charge is 0.493 e. The summed E-state index contributed by atoms with van der Waals surface area (Å²) in [7, 11) is 3.01. The van der Waals surface area contributed by atoms with Crippen molar-refractivity contribution in [2.24, 2.45) is 0 Å². The van der Waals surface area contributed by atoms with Gasteiger partial charge in [-0.2, -0.15) is 8.78 Å². The normalized spacial score (nSPS) is 11.4. The van der Waals surface area contributed by atoms with Crippen molar-refractivity contribution in [2.75, 3.05) is 20.7 Å². The molecule has 26 heavy (non-hydrogen) atoms. The molecule has 0 atom stereocenters. The summed E-state index contributed by atoms with van der Waals surface area (Å²) < 4.78 is 34.2. The third-order valence-corrected chi connectivity index (χ3v) is 3.67. The second kappa shape index (κ2) is 8.99. The van der Waals surface area contributed by atoms with E-state index in [0.717, 1.165) is 11.1 Å². The van der Waals surface area contributed by atoms with Gasteiger partial charge >= 0.3 is 6.61 Å². The molecule has 0 aliphatic heterocycles. The number of hydrogen-bond acceptors (Lipinski definition) is 3. The lowest BCUT2D eigenvalue weighted by Gasteiger charge is -2.19. The van der Waals surface area contributed by atoms with Crippen LogP contribution >= 0.6 is 0 Å². The van der Waals surface area contributed by atoms with Gasteiger partial charge in [-0.3, -0.25) is 4.79 Å². The lowest BCUT2D eigenvalue weighted by Crippen LogP contribution is -2.28. The molecule has 0 spiro atoms. The van der Waals surface area contributed by atoms with Crippen molar-refractivity contribution in [3.63, 3.8) is 0 Å². The highest BCUT2D eigenvalue weighted by atomic mass is 19.3. The fraction of sp³-hybridized carbons (Fsp3) is 0.250. The second-order valence-electron chi connectivity index (χ2n) is 5.81. The zero-order valence-corrected chi connectivity index (χ0v) is 14.9. The fourth-order valence-corrected chi connectivity index (χ4v) is 2.54. The number of rotatable bonds is 7. The maximum absolute atomic E-state index is 12.6. The summed E-state index contributed by atoms with van der Waals surface area (Å²) in [6, 6.07) is 13.9. The third-order valence-electron chi connectivity index (χ3n) is 3.67. The summed E-state index contributed by atoms with van der Waals surface area (Å²) in [5.74, 6) is -0.268. The molecule has 2 rings (SSSR count). The van der Waals surface area contributed by atoms with Crippen molar-refractivity contribution in [1.29, 1.82) is 0 Å². The van der Waals surface area contributed by atoms with Crippen LogP contribution in [0.1, 0.15) is 22.8 Å². The third kappa shape index (κ3) is 5.31. The molecule has 0 saturated carbocycles. The van der Waals surface area contributed by atoms with Gasteiger partial charge in [0.1, 0.15) is 0 Å². The zero-order chi connectivity index (χ0) is 19.1. The van der Waals surface area contributed by atoms with Gasteiger partial charge in [-0.05, 0) is 30.7 Å². The highest BCUT2D eigenvalue weighted by Crippen LogP contribution is 2.29. The van der Waals surface area contributed by atoms with Gasteiger partial charge in [0.05, 0.1) is 7.11 Å². The topological polar surface area (TPSA) is 38.8 Å². The molecule has 0 saturated heterocycles. The molecule has 2 aromatic carbocycles. The molecule has 138 valence electrons. The van der Waals surface area contributed by atoms with Gasteiger partial charge in [-0.15, -0.1) is 0 Å². The summed E-state index contributed by atoms with van der Waals surface area (Å²) in [6.07, 6.45) is 2.00. The van der Waals surface area contributed by atoms with E-state index < -0.39 is 6.61 Å². The number of benzene rings is 2. The molecule has 6 heteroatoms. The number of alkyl halides is 2. The van der Waals surface area contributed by atoms with E-state index in [9.17, 15) is 13.6 Å². The number of amides is 1. The maximum Gasteiger partial charge on any atom is 0.387 e. The van der Waals surface area contributed by atoms with E-state index in [1.54, 1.807) is 11.9 Å². The summed E-state index contributed by atoms with van der Waals surface area (Å²) in [6.45, 7) is -0.582. The minimum atomic E-state index is -2.96. The Morgan fingerprint density at radius 1 is 1.15 bits per heavy atom. The van der Waals surface area contributed by atoms with Gasteiger partial charge < -0.3 is 14.4 Å². The highest BCUT2D eigenvalue weighted by molar-refractivity contribution is 5.95. The van der Waals surface area contributed by atoms with E-state index in [4.69, 9.17) is 4.74 Å². The van der Waals surface area contributed by atoms with E-state index in [2.05, 4.69) is 4.74 Å². The van der Waals surface area contributed by atoms with Crippen molar-refractivity contribution in [2.45, 2.75) is 13.5 Å². The first-order valence-electron chi connectivity index (χ1n) is 8.01. The predicted octanol–water partition coefficient (Wildman–Crippen LogP) is 4.47. The van der Waals surface area contributed by atoms with Gasteiger partial charge in [-0.1, -0.05) is 42.0 Å². The van der Waals surface area contributed by atoms with Crippen molar-refractivity contribution >= 4 is 12.0 Å². The van der Waals surface area contributed by atoms with Crippen LogP contribution in [-0.2, 0) is 0 Å². The van der Waals surface area contributed by atoms with E-state index in [1.165, 1.54) is 25.3 Å². The van der Waals surface area contributed by atoms with Crippen LogP contribution in [0.5, 0.6) is 11.5 Å². The molecule has 0 unspecified atom stereocenters. The first-order valence-corrected chi connectivity index (χ1v) is 8.01. The van der Waals surface area contributed by atoms with Crippen LogP contribution < -0.4 is 9.47 Å². The summed E-state index contributed by atoms with van der Waals surface area (Å²) >= 11 is 0. The van der Waals surface area contributed by atoms with E-state index in [1.807, 2.05) is 43.3 Å². The number of carbonyl (C=O) groups is 1. The van der Waals surface area contributed by atoms with Gasteiger partial charge in [-0.25, -0.2) is 0 Å². The number of methoxy groups -OCH3 is 1. The monoisotopic (exact) mass is 361 g/mol. The van der Waals surface area contributed by atoms with Crippen molar-refractivity contribution in [3.05, 3.63) is 65.2 Å². The van der Waals surface area contributed by atoms with Crippen LogP contribution in [0, 0.1) is 0 Å². The smallest absolute Gasteiger partial charge is 0.387 e. The molecule has 0 N–H and O–H groups in total. The van der Waals surface area contributed by atoms with E-state index >= 15 is 0 Å². The Hall–Kier alpha value is -2.89. The molecule has 0 aromatic heterocycles. The first kappa shape index (κ1) is 19.4. The summed E-state index contributed by atoms with van der Waals surface area (Å²) in [5.41, 5.74) is 2.40. The number of nitrogens with zero attached hydrogens (tertiary/aromatic N) is 1. The van der Waals surface area contributed by atoms with Gasteiger partial charge in [0.2, 0.25) is 0 Å². The van der Waals surface area contributed by atoms with Crippen LogP contribution in [0.3, 0.4) is 0 Å². The summed E-state index contributed by atoms with van der Waals surface area (Å²) in [4.78, 5) is 14.1. The standard InChI is InChI=1S/C20H21F2NO3/c1-14(11-15-7-5-4-6-8-15)13-23(2)19(24)16-9-10-17(26-20(21)22)18(12-16)25-3/h4-12,20H,13H2,1-3H3/b14-11+. The quantitative estimate of drug-likeness (QED) is 0.730. The zero-order valence-electron chi connectivity index (χ0n) is 14.9. The average molecular weight is 361 g/mol. The Labute approximate surface area is 151 Å². The molecule has 0 heterocycles. The van der Waals surface area contributed by atoms with E-state index in [-0.39, 0.29) is 17.4 Å². The number of halogens is 2. The molecule has 1 amide bonds. The van der Waals surface area contributed by atoms with E-state index in [0.29, 0.717) is 12.1 Å². The van der Waals surface area contributed by atoms with Crippen LogP contribution in [0.4, 0.5) is 8.78 Å². The van der Waals surface area contributed by atoms with Crippen molar-refractivity contribution in [3.8, 4) is 11.5 Å². The van der Waals surface area contributed by atoms with Gasteiger partial charge in [0.25, 0.3) is 5.91 Å². The molecule has 0 aliphatic carbocycles. The van der Waals surface area contributed by atoms with Crippen molar-refractivity contribution in [1.82, 2.24) is 4.90 Å². The number of carbonyl (C=O) groups excluding carboxylic acids is 1. The van der Waals surface area contributed by atoms with Crippen LogP contribution in [-0.4, -0.2) is 38.1 Å². The molecule has 0 radical (unpaired) electrons. The highest BCUT2D eigenvalue weighted by Gasteiger charge is 2.17. The number of hydrogen-bond donors (Lipinski definition) is 0. The van der Waals surface area contributed by atoms with Gasteiger partial charge in [0.15, 0.2) is 11.5 Å². The molecular formula is C20H21F2NO3. The second-order valence-corrected chi connectivity index (χ2v) is 5.81. The minimum absolute atomic E-state index is 0.0844. The Bertz CT molecular complexity index is 776. The Balaban J connectivity index is 2.11. The molecule has 0 fully saturated rings. The molecule has 0 bridgehead atoms. The van der Waals surface area contributed by atoms with Crippen molar-refractivity contribution < 1.29 is 23.0 Å². The summed E-state index contributed by atoms with van der Waals surface area (Å²) in [5, 5.41) is 0. The molecule has 0 aliphatic rings. The lowest BCUT2D eigenvalue weighted by molar-refractivity contribution is -0.0512. The van der Waals surface area contributed by atoms with Crippen LogP contribution in [0.25, 0.3) is 6.08 Å². The van der Waals surface area contributed by atoms with Gasteiger partial charge in [0, 0.05) is 19.2 Å².